The first-order valence-corrected chi connectivity index (χ1v) is 10.8. The Bertz CT molecular complexity index is 1240. The largest absolute Gasteiger partial charge is 0.497 e. The molecular formula is C24H19BrN2O4. The van der Waals surface area contributed by atoms with E-state index in [1.165, 1.54) is 4.90 Å². The minimum Gasteiger partial charge on any atom is -0.497 e. The zero-order chi connectivity index (χ0) is 21.7. The number of carbonyl (C=O) groups excluding carboxylic acids is 3. The zero-order valence-electron chi connectivity index (χ0n) is 16.8. The SMILES string of the molecule is COc1ccc(CN2C(=O)CCC(N3C(=O)c4cccc5c(Br)ccc3c45)C2=O)cc1. The van der Waals surface area contributed by atoms with Gasteiger partial charge in [0.25, 0.3) is 11.8 Å². The Balaban J connectivity index is 1.48. The summed E-state index contributed by atoms with van der Waals surface area (Å²) in [4.78, 5) is 42.1. The van der Waals surface area contributed by atoms with Crippen LogP contribution in [0.25, 0.3) is 10.8 Å². The number of benzene rings is 3. The van der Waals surface area contributed by atoms with Crippen LogP contribution in [-0.2, 0) is 16.1 Å². The van der Waals surface area contributed by atoms with Crippen LogP contribution in [-0.4, -0.2) is 35.8 Å². The molecule has 1 atom stereocenters. The third-order valence-corrected chi connectivity index (χ3v) is 6.66. The molecule has 0 spiro atoms. The maximum Gasteiger partial charge on any atom is 0.259 e. The molecule has 2 aliphatic heterocycles. The van der Waals surface area contributed by atoms with Gasteiger partial charge in [-0.2, -0.15) is 0 Å². The molecule has 2 aliphatic rings. The van der Waals surface area contributed by atoms with Crippen LogP contribution in [0.3, 0.4) is 0 Å². The average molecular weight is 479 g/mol. The summed E-state index contributed by atoms with van der Waals surface area (Å²) in [5, 5.41) is 1.77. The molecule has 0 saturated carbocycles. The highest BCUT2D eigenvalue weighted by atomic mass is 79.9. The summed E-state index contributed by atoms with van der Waals surface area (Å²) in [6.45, 7) is 0.170. The van der Waals surface area contributed by atoms with E-state index in [1.807, 2.05) is 36.4 Å². The number of rotatable bonds is 4. The van der Waals surface area contributed by atoms with E-state index in [0.717, 1.165) is 26.5 Å². The van der Waals surface area contributed by atoms with Gasteiger partial charge in [0.05, 0.1) is 19.3 Å². The molecule has 3 aromatic rings. The molecule has 0 bridgehead atoms. The van der Waals surface area contributed by atoms with Gasteiger partial charge in [0, 0.05) is 21.8 Å². The lowest BCUT2D eigenvalue weighted by atomic mass is 10.0. The molecule has 7 heteroatoms. The van der Waals surface area contributed by atoms with Crippen molar-refractivity contribution in [2.45, 2.75) is 25.4 Å². The van der Waals surface area contributed by atoms with Crippen LogP contribution in [0.5, 0.6) is 5.75 Å². The summed E-state index contributed by atoms with van der Waals surface area (Å²) < 4.78 is 6.07. The van der Waals surface area contributed by atoms with Gasteiger partial charge in [0.15, 0.2) is 0 Å². The van der Waals surface area contributed by atoms with E-state index in [-0.39, 0.29) is 30.7 Å². The number of nitrogens with zero attached hydrogens (tertiary/aromatic N) is 2. The van der Waals surface area contributed by atoms with Crippen LogP contribution in [0.1, 0.15) is 28.8 Å². The Labute approximate surface area is 187 Å². The minimum absolute atomic E-state index is 0.170. The van der Waals surface area contributed by atoms with Crippen molar-refractivity contribution >= 4 is 50.1 Å². The van der Waals surface area contributed by atoms with Crippen LogP contribution in [0.15, 0.2) is 59.1 Å². The summed E-state index contributed by atoms with van der Waals surface area (Å²) >= 11 is 3.55. The first-order valence-electron chi connectivity index (χ1n) is 10.0. The molecule has 5 rings (SSSR count). The van der Waals surface area contributed by atoms with E-state index in [4.69, 9.17) is 4.74 Å². The van der Waals surface area contributed by atoms with Crippen molar-refractivity contribution in [3.63, 3.8) is 0 Å². The second-order valence-electron chi connectivity index (χ2n) is 7.69. The number of ether oxygens (including phenoxy) is 1. The molecule has 156 valence electrons. The number of amides is 3. The Morgan fingerprint density at radius 1 is 1.03 bits per heavy atom. The number of halogens is 1. The molecule has 0 aromatic heterocycles. The summed E-state index contributed by atoms with van der Waals surface area (Å²) in [6.07, 6.45) is 0.528. The number of imide groups is 1. The van der Waals surface area contributed by atoms with Gasteiger partial charge in [-0.3, -0.25) is 24.2 Å². The van der Waals surface area contributed by atoms with Gasteiger partial charge in [-0.05, 0) is 47.7 Å². The van der Waals surface area contributed by atoms with E-state index in [0.29, 0.717) is 17.7 Å². The lowest BCUT2D eigenvalue weighted by molar-refractivity contribution is -0.149. The van der Waals surface area contributed by atoms with Gasteiger partial charge in [0.2, 0.25) is 5.91 Å². The van der Waals surface area contributed by atoms with E-state index >= 15 is 0 Å². The highest BCUT2D eigenvalue weighted by molar-refractivity contribution is 9.10. The highest BCUT2D eigenvalue weighted by Crippen LogP contribution is 2.42. The summed E-state index contributed by atoms with van der Waals surface area (Å²) in [6, 6.07) is 15.9. The predicted molar refractivity (Wildman–Crippen MR) is 120 cm³/mol. The molecule has 1 saturated heterocycles. The number of hydrogen-bond donors (Lipinski definition) is 0. The average Bonchev–Trinajstić information content (AvgIpc) is 3.07. The van der Waals surface area contributed by atoms with Gasteiger partial charge in [-0.1, -0.05) is 40.2 Å². The minimum atomic E-state index is -0.708. The maximum atomic E-state index is 13.4. The smallest absolute Gasteiger partial charge is 0.259 e. The van der Waals surface area contributed by atoms with Crippen molar-refractivity contribution in [3.05, 3.63) is 70.2 Å². The second kappa shape index (κ2) is 7.50. The zero-order valence-corrected chi connectivity index (χ0v) is 18.4. The second-order valence-corrected chi connectivity index (χ2v) is 8.54. The Hall–Kier alpha value is -3.19. The third-order valence-electron chi connectivity index (χ3n) is 5.97. The first kappa shape index (κ1) is 19.8. The van der Waals surface area contributed by atoms with Crippen LogP contribution >= 0.6 is 15.9 Å². The summed E-state index contributed by atoms with van der Waals surface area (Å²) in [5.41, 5.74) is 2.13. The fraction of sp³-hybridized carbons (Fsp3) is 0.208. The van der Waals surface area contributed by atoms with Crippen LogP contribution in [0.4, 0.5) is 5.69 Å². The van der Waals surface area contributed by atoms with Crippen molar-refractivity contribution in [3.8, 4) is 5.75 Å². The molecule has 0 radical (unpaired) electrons. The Morgan fingerprint density at radius 3 is 2.55 bits per heavy atom. The topological polar surface area (TPSA) is 66.9 Å². The number of likely N-dealkylation sites (tertiary alicyclic amines) is 1. The molecule has 0 N–H and O–H groups in total. The molecule has 0 aliphatic carbocycles. The predicted octanol–water partition coefficient (Wildman–Crippen LogP) is 4.29. The first-order chi connectivity index (χ1) is 15.0. The lowest BCUT2D eigenvalue weighted by Crippen LogP contribution is -2.55. The molecular weight excluding hydrogens is 460 g/mol. The van der Waals surface area contributed by atoms with Gasteiger partial charge >= 0.3 is 0 Å². The highest BCUT2D eigenvalue weighted by Gasteiger charge is 2.43. The van der Waals surface area contributed by atoms with Crippen molar-refractivity contribution < 1.29 is 19.1 Å². The van der Waals surface area contributed by atoms with Gasteiger partial charge in [-0.25, -0.2) is 0 Å². The van der Waals surface area contributed by atoms with Crippen LogP contribution in [0.2, 0.25) is 0 Å². The molecule has 1 unspecified atom stereocenters. The number of hydrogen-bond acceptors (Lipinski definition) is 4. The van der Waals surface area contributed by atoms with E-state index < -0.39 is 6.04 Å². The quantitative estimate of drug-likeness (QED) is 0.524. The Kier molecular flexibility index (Phi) is 4.78. The third kappa shape index (κ3) is 3.11. The van der Waals surface area contributed by atoms with Crippen LogP contribution in [0, 0.1) is 0 Å². The van der Waals surface area contributed by atoms with E-state index in [9.17, 15) is 14.4 Å². The Morgan fingerprint density at radius 2 is 1.81 bits per heavy atom. The maximum absolute atomic E-state index is 13.4. The number of piperidine rings is 1. The molecule has 3 aromatic carbocycles. The molecule has 31 heavy (non-hydrogen) atoms. The molecule has 2 heterocycles. The lowest BCUT2D eigenvalue weighted by Gasteiger charge is -2.36. The number of carbonyl (C=O) groups is 3. The number of methoxy groups -OCH3 is 1. The summed E-state index contributed by atoms with van der Waals surface area (Å²) in [5.74, 6) is -0.0557. The standard InChI is InChI=1S/C24H19BrN2O4/c1-31-15-7-5-14(6-8-15)13-26-21(28)12-11-20(24(26)30)27-19-10-9-18(25)16-3-2-4-17(22(16)19)23(27)29/h2-10,20H,11-13H2,1H3. The number of anilines is 1. The van der Waals surface area contributed by atoms with Gasteiger partial charge in [0.1, 0.15) is 11.8 Å². The molecule has 3 amide bonds. The normalized spacial score (nSPS) is 18.3. The molecule has 6 nitrogen and oxygen atoms in total. The van der Waals surface area contributed by atoms with Gasteiger partial charge in [-0.15, -0.1) is 0 Å². The van der Waals surface area contributed by atoms with Crippen LogP contribution < -0.4 is 9.64 Å². The van der Waals surface area contributed by atoms with Crippen molar-refractivity contribution in [2.24, 2.45) is 0 Å². The van der Waals surface area contributed by atoms with E-state index in [2.05, 4.69) is 15.9 Å². The fourth-order valence-electron chi connectivity index (χ4n) is 4.42. The van der Waals surface area contributed by atoms with Crippen molar-refractivity contribution in [2.75, 3.05) is 12.0 Å². The summed E-state index contributed by atoms with van der Waals surface area (Å²) in [7, 11) is 1.58. The monoisotopic (exact) mass is 478 g/mol. The van der Waals surface area contributed by atoms with Crippen molar-refractivity contribution in [1.82, 2.24) is 4.90 Å². The fourth-order valence-corrected chi connectivity index (χ4v) is 4.88. The van der Waals surface area contributed by atoms with Gasteiger partial charge < -0.3 is 4.74 Å². The van der Waals surface area contributed by atoms with E-state index in [1.54, 1.807) is 30.2 Å². The molecule has 1 fully saturated rings. The van der Waals surface area contributed by atoms with Crippen molar-refractivity contribution in [1.29, 1.82) is 0 Å².